The Kier molecular flexibility index (Phi) is 4.65. The van der Waals surface area contributed by atoms with Crippen LogP contribution < -0.4 is 10.2 Å². The van der Waals surface area contributed by atoms with E-state index in [9.17, 15) is 4.39 Å². The second kappa shape index (κ2) is 6.47. The topological polar surface area (TPSA) is 27.7 Å². The number of rotatable bonds is 4. The van der Waals surface area contributed by atoms with Crippen molar-refractivity contribution in [1.29, 1.82) is 0 Å². The summed E-state index contributed by atoms with van der Waals surface area (Å²) in [6.45, 7) is 10.2. The molecule has 132 valence electrons. The first-order valence-electron chi connectivity index (χ1n) is 8.52. The van der Waals surface area contributed by atoms with Crippen molar-refractivity contribution >= 4 is 12.6 Å². The van der Waals surface area contributed by atoms with Crippen molar-refractivity contribution in [2.24, 2.45) is 0 Å². The predicted molar refractivity (Wildman–Crippen MR) is 97.6 cm³/mol. The number of aryl methyl sites for hydroxylation is 1. The van der Waals surface area contributed by atoms with E-state index in [2.05, 4.69) is 0 Å². The third-order valence-corrected chi connectivity index (χ3v) is 5.03. The molecular formula is C20H24BFO3. The SMILES string of the molecule is Cc1ccc(F)c(OCc2ccccc2B2OC(C)(C)C(C)(C)O2)c1. The van der Waals surface area contributed by atoms with E-state index < -0.39 is 18.3 Å². The molecule has 0 radical (unpaired) electrons. The van der Waals surface area contributed by atoms with Gasteiger partial charge in [0.1, 0.15) is 6.61 Å². The van der Waals surface area contributed by atoms with E-state index in [1.807, 2.05) is 58.9 Å². The molecule has 2 aromatic carbocycles. The number of benzene rings is 2. The van der Waals surface area contributed by atoms with E-state index in [1.165, 1.54) is 6.07 Å². The molecule has 1 heterocycles. The molecule has 0 amide bonds. The lowest BCUT2D eigenvalue weighted by atomic mass is 9.76. The van der Waals surface area contributed by atoms with Crippen LogP contribution in [0.25, 0.3) is 0 Å². The lowest BCUT2D eigenvalue weighted by Gasteiger charge is -2.32. The van der Waals surface area contributed by atoms with Crippen molar-refractivity contribution in [3.05, 3.63) is 59.4 Å². The van der Waals surface area contributed by atoms with E-state index in [4.69, 9.17) is 14.0 Å². The minimum atomic E-state index is -0.466. The molecular weight excluding hydrogens is 318 g/mol. The zero-order valence-corrected chi connectivity index (χ0v) is 15.4. The first-order valence-corrected chi connectivity index (χ1v) is 8.52. The fourth-order valence-corrected chi connectivity index (χ4v) is 2.74. The van der Waals surface area contributed by atoms with Gasteiger partial charge in [-0.25, -0.2) is 4.39 Å². The molecule has 0 atom stereocenters. The predicted octanol–water partition coefficient (Wildman–Crippen LogP) is 4.01. The van der Waals surface area contributed by atoms with Gasteiger partial charge in [0.2, 0.25) is 0 Å². The fourth-order valence-electron chi connectivity index (χ4n) is 2.74. The highest BCUT2D eigenvalue weighted by Crippen LogP contribution is 2.36. The average molecular weight is 342 g/mol. The summed E-state index contributed by atoms with van der Waals surface area (Å²) in [5.41, 5.74) is 1.97. The van der Waals surface area contributed by atoms with Gasteiger partial charge in [-0.15, -0.1) is 0 Å². The van der Waals surface area contributed by atoms with Crippen molar-refractivity contribution in [1.82, 2.24) is 0 Å². The van der Waals surface area contributed by atoms with E-state index in [-0.39, 0.29) is 18.2 Å². The number of hydrogen-bond acceptors (Lipinski definition) is 3. The zero-order valence-electron chi connectivity index (χ0n) is 15.4. The van der Waals surface area contributed by atoms with E-state index in [1.54, 1.807) is 12.1 Å². The molecule has 0 bridgehead atoms. The molecule has 0 aliphatic carbocycles. The Morgan fingerprint density at radius 3 is 2.32 bits per heavy atom. The van der Waals surface area contributed by atoms with E-state index in [0.29, 0.717) is 0 Å². The molecule has 1 aliphatic heterocycles. The summed E-state index contributed by atoms with van der Waals surface area (Å²) < 4.78 is 31.9. The van der Waals surface area contributed by atoms with Crippen molar-refractivity contribution in [3.8, 4) is 5.75 Å². The third-order valence-electron chi connectivity index (χ3n) is 5.03. The average Bonchev–Trinajstić information content (AvgIpc) is 2.76. The number of halogens is 1. The van der Waals surface area contributed by atoms with Crippen LogP contribution in [0.5, 0.6) is 5.75 Å². The number of ether oxygens (including phenoxy) is 1. The quantitative estimate of drug-likeness (QED) is 0.786. The molecule has 1 aliphatic rings. The standard InChI is InChI=1S/C20H24BFO3/c1-14-10-11-17(22)18(12-14)23-13-15-8-6-7-9-16(15)21-24-19(2,3)20(4,5)25-21/h6-12H,13H2,1-5H3. The minimum absolute atomic E-state index is 0.251. The number of hydrogen-bond donors (Lipinski definition) is 0. The molecule has 5 heteroatoms. The van der Waals surface area contributed by atoms with Gasteiger partial charge in [-0.2, -0.15) is 0 Å². The van der Waals surface area contributed by atoms with Crippen LogP contribution in [-0.4, -0.2) is 18.3 Å². The molecule has 0 N–H and O–H groups in total. The second-order valence-electron chi connectivity index (χ2n) is 7.51. The van der Waals surface area contributed by atoms with Crippen molar-refractivity contribution in [3.63, 3.8) is 0 Å². The van der Waals surface area contributed by atoms with Crippen LogP contribution in [0.4, 0.5) is 4.39 Å². The maximum Gasteiger partial charge on any atom is 0.495 e. The molecule has 1 saturated heterocycles. The van der Waals surface area contributed by atoms with E-state index in [0.717, 1.165) is 16.6 Å². The monoisotopic (exact) mass is 342 g/mol. The van der Waals surface area contributed by atoms with Gasteiger partial charge >= 0.3 is 7.12 Å². The van der Waals surface area contributed by atoms with Gasteiger partial charge in [-0.3, -0.25) is 0 Å². The first kappa shape index (κ1) is 18.0. The van der Waals surface area contributed by atoms with Gasteiger partial charge in [0.15, 0.2) is 11.6 Å². The van der Waals surface area contributed by atoms with Crippen LogP contribution in [0.1, 0.15) is 38.8 Å². The van der Waals surface area contributed by atoms with Crippen LogP contribution in [0.15, 0.2) is 42.5 Å². The molecule has 3 nitrogen and oxygen atoms in total. The molecule has 3 rings (SSSR count). The minimum Gasteiger partial charge on any atom is -0.486 e. The lowest BCUT2D eigenvalue weighted by molar-refractivity contribution is 0.00578. The zero-order chi connectivity index (χ0) is 18.2. The molecule has 0 spiro atoms. The van der Waals surface area contributed by atoms with Crippen LogP contribution in [-0.2, 0) is 15.9 Å². The van der Waals surface area contributed by atoms with Crippen molar-refractivity contribution in [2.45, 2.75) is 52.4 Å². The van der Waals surface area contributed by atoms with Gasteiger partial charge in [0, 0.05) is 0 Å². The Balaban J connectivity index is 1.82. The van der Waals surface area contributed by atoms with Crippen LogP contribution >= 0.6 is 0 Å². The second-order valence-corrected chi connectivity index (χ2v) is 7.51. The van der Waals surface area contributed by atoms with Crippen molar-refractivity contribution < 1.29 is 18.4 Å². The smallest absolute Gasteiger partial charge is 0.486 e. The van der Waals surface area contributed by atoms with Gasteiger partial charge in [0.25, 0.3) is 0 Å². The Hall–Kier alpha value is -1.85. The molecule has 25 heavy (non-hydrogen) atoms. The Bertz CT molecular complexity index is 757. The van der Waals surface area contributed by atoms with Gasteiger partial charge in [0.05, 0.1) is 11.2 Å². The first-order chi connectivity index (χ1) is 11.7. The summed E-state index contributed by atoms with van der Waals surface area (Å²) in [6, 6.07) is 12.6. The molecule has 0 aromatic heterocycles. The third kappa shape index (κ3) is 3.58. The highest BCUT2D eigenvalue weighted by atomic mass is 19.1. The van der Waals surface area contributed by atoms with Gasteiger partial charge in [-0.05, 0) is 63.3 Å². The van der Waals surface area contributed by atoms with Crippen LogP contribution in [0.2, 0.25) is 0 Å². The summed E-state index contributed by atoms with van der Waals surface area (Å²) in [4.78, 5) is 0. The lowest BCUT2D eigenvalue weighted by Crippen LogP contribution is -2.41. The van der Waals surface area contributed by atoms with Crippen molar-refractivity contribution in [2.75, 3.05) is 0 Å². The fraction of sp³-hybridized carbons (Fsp3) is 0.400. The largest absolute Gasteiger partial charge is 0.495 e. The molecule has 0 saturated carbocycles. The summed E-state index contributed by atoms with van der Waals surface area (Å²) in [7, 11) is -0.466. The van der Waals surface area contributed by atoms with Crippen LogP contribution in [0.3, 0.4) is 0 Å². The maximum atomic E-state index is 13.9. The Morgan fingerprint density at radius 2 is 1.64 bits per heavy atom. The Labute approximate surface area is 149 Å². The van der Waals surface area contributed by atoms with E-state index >= 15 is 0 Å². The highest BCUT2D eigenvalue weighted by molar-refractivity contribution is 6.62. The van der Waals surface area contributed by atoms with Gasteiger partial charge < -0.3 is 14.0 Å². The molecule has 1 fully saturated rings. The Morgan fingerprint density at radius 1 is 1.00 bits per heavy atom. The van der Waals surface area contributed by atoms with Gasteiger partial charge in [-0.1, -0.05) is 30.3 Å². The summed E-state index contributed by atoms with van der Waals surface area (Å²) in [5.74, 6) is -0.109. The van der Waals surface area contributed by atoms with Crippen LogP contribution in [0, 0.1) is 12.7 Å². The molecule has 2 aromatic rings. The highest BCUT2D eigenvalue weighted by Gasteiger charge is 2.52. The summed E-state index contributed by atoms with van der Waals surface area (Å²) >= 11 is 0. The molecule has 0 unspecified atom stereocenters. The normalized spacial score (nSPS) is 18.4. The summed E-state index contributed by atoms with van der Waals surface area (Å²) in [6.07, 6.45) is 0. The summed E-state index contributed by atoms with van der Waals surface area (Å²) in [5, 5.41) is 0. The maximum absolute atomic E-state index is 13.9.